The first-order valence-electron chi connectivity index (χ1n) is 4.45. The molecule has 0 heterocycles. The van der Waals surface area contributed by atoms with Gasteiger partial charge in [0.1, 0.15) is 0 Å². The summed E-state index contributed by atoms with van der Waals surface area (Å²) in [5, 5.41) is 0. The van der Waals surface area contributed by atoms with Gasteiger partial charge in [0, 0.05) is 5.41 Å². The Morgan fingerprint density at radius 1 is 1.07 bits per heavy atom. The molecule has 0 radical (unpaired) electrons. The molecule has 14 heavy (non-hydrogen) atoms. The lowest BCUT2D eigenvalue weighted by Gasteiger charge is -2.18. The van der Waals surface area contributed by atoms with Gasteiger partial charge in [0.2, 0.25) is 10.3 Å². The van der Waals surface area contributed by atoms with Crippen LogP contribution in [-0.2, 0) is 10.3 Å². The van der Waals surface area contributed by atoms with Crippen molar-refractivity contribution in [2.75, 3.05) is 0 Å². The third-order valence-corrected chi connectivity index (χ3v) is 3.07. The molecule has 0 amide bonds. The summed E-state index contributed by atoms with van der Waals surface area (Å²) in [6, 6.07) is 9.19. The van der Waals surface area contributed by atoms with Crippen LogP contribution >= 0.6 is 0 Å². The van der Waals surface area contributed by atoms with Gasteiger partial charge >= 0.3 is 0 Å². The number of benzene rings is 1. The van der Waals surface area contributed by atoms with Crippen molar-refractivity contribution in [3.05, 3.63) is 35.9 Å². The van der Waals surface area contributed by atoms with Crippen LogP contribution in [0.3, 0.4) is 0 Å². The van der Waals surface area contributed by atoms with Crippen molar-refractivity contribution in [2.45, 2.75) is 20.8 Å². The Labute approximate surface area is 86.1 Å². The molecule has 0 bridgehead atoms. The van der Waals surface area contributed by atoms with Crippen molar-refractivity contribution in [1.82, 2.24) is 0 Å². The summed E-state index contributed by atoms with van der Waals surface area (Å²) >= 11 is 0. The van der Waals surface area contributed by atoms with E-state index >= 15 is 0 Å². The normalized spacial score (nSPS) is 11.1. The first kappa shape index (κ1) is 11.0. The molecule has 0 aliphatic rings. The van der Waals surface area contributed by atoms with Crippen LogP contribution in [0.2, 0.25) is 0 Å². The lowest BCUT2D eigenvalue weighted by Crippen LogP contribution is -2.22. The van der Waals surface area contributed by atoms with Gasteiger partial charge in [0.25, 0.3) is 0 Å². The fraction of sp³-hybridized carbons (Fsp3) is 0.364. The minimum Gasteiger partial charge on any atom is -0.184 e. The highest BCUT2D eigenvalue weighted by Gasteiger charge is 2.21. The average Bonchev–Trinajstić information content (AvgIpc) is 2.02. The average molecular weight is 210 g/mol. The van der Waals surface area contributed by atoms with E-state index in [0.29, 0.717) is 4.86 Å². The molecule has 0 aromatic heterocycles. The van der Waals surface area contributed by atoms with Crippen LogP contribution in [-0.4, -0.2) is 13.3 Å². The van der Waals surface area contributed by atoms with Crippen LogP contribution in [0.5, 0.6) is 0 Å². The molecule has 1 aromatic carbocycles. The Morgan fingerprint density at radius 2 is 1.57 bits per heavy atom. The van der Waals surface area contributed by atoms with Crippen molar-refractivity contribution in [1.29, 1.82) is 0 Å². The minimum absolute atomic E-state index is 0.353. The van der Waals surface area contributed by atoms with Gasteiger partial charge < -0.3 is 0 Å². The summed E-state index contributed by atoms with van der Waals surface area (Å²) in [4.78, 5) is 0.457. The van der Waals surface area contributed by atoms with E-state index in [4.69, 9.17) is 0 Å². The Morgan fingerprint density at radius 3 is 1.93 bits per heavy atom. The quantitative estimate of drug-likeness (QED) is 0.525. The zero-order valence-corrected chi connectivity index (χ0v) is 9.43. The number of hydrogen-bond donors (Lipinski definition) is 0. The summed E-state index contributed by atoms with van der Waals surface area (Å²) in [5.41, 5.74) is 0.418. The molecule has 1 rings (SSSR count). The highest BCUT2D eigenvalue weighted by Crippen LogP contribution is 2.20. The zero-order valence-electron chi connectivity index (χ0n) is 8.61. The van der Waals surface area contributed by atoms with Crippen LogP contribution in [0.15, 0.2) is 30.3 Å². The summed E-state index contributed by atoms with van der Waals surface area (Å²) < 4.78 is 22.2. The highest BCUT2D eigenvalue weighted by molar-refractivity contribution is 7.73. The molecule has 0 aliphatic carbocycles. The van der Waals surface area contributed by atoms with Crippen molar-refractivity contribution in [2.24, 2.45) is 5.41 Å². The Hall–Kier alpha value is -1.09. The molecule has 0 atom stereocenters. The fourth-order valence-electron chi connectivity index (χ4n) is 1.37. The molecule has 0 fully saturated rings. The molecule has 0 aliphatic heterocycles. The molecule has 0 saturated carbocycles. The molecular formula is C11H14O2S. The summed E-state index contributed by atoms with van der Waals surface area (Å²) in [6.07, 6.45) is 0. The molecule has 3 heteroatoms. The van der Waals surface area contributed by atoms with E-state index in [-0.39, 0.29) is 5.41 Å². The van der Waals surface area contributed by atoms with E-state index < -0.39 is 10.3 Å². The Kier molecular flexibility index (Phi) is 3.11. The van der Waals surface area contributed by atoms with Gasteiger partial charge in [-0.15, -0.1) is 0 Å². The van der Waals surface area contributed by atoms with E-state index in [1.807, 2.05) is 51.1 Å². The van der Waals surface area contributed by atoms with Crippen LogP contribution in [0.25, 0.3) is 0 Å². The van der Waals surface area contributed by atoms with Crippen LogP contribution in [0.4, 0.5) is 0 Å². The molecule has 0 N–H and O–H groups in total. The molecule has 0 unspecified atom stereocenters. The van der Waals surface area contributed by atoms with Crippen molar-refractivity contribution in [3.63, 3.8) is 0 Å². The molecule has 1 aromatic rings. The Balaban J connectivity index is 3.39. The predicted octanol–water partition coefficient (Wildman–Crippen LogP) is 2.13. The first-order valence-corrected chi connectivity index (χ1v) is 5.52. The second-order valence-corrected chi connectivity index (χ2v) is 5.06. The highest BCUT2D eigenvalue weighted by atomic mass is 32.2. The number of hydrogen-bond acceptors (Lipinski definition) is 2. The lowest BCUT2D eigenvalue weighted by molar-refractivity contribution is 0.592. The Bertz CT molecular complexity index is 428. The summed E-state index contributed by atoms with van der Waals surface area (Å²) in [6.45, 7) is 5.68. The second-order valence-electron chi connectivity index (χ2n) is 4.18. The van der Waals surface area contributed by atoms with Gasteiger partial charge in [0.05, 0.1) is 4.86 Å². The van der Waals surface area contributed by atoms with E-state index in [0.717, 1.165) is 5.56 Å². The van der Waals surface area contributed by atoms with Crippen LogP contribution in [0.1, 0.15) is 26.3 Å². The molecule has 0 saturated heterocycles. The lowest BCUT2D eigenvalue weighted by atomic mass is 9.88. The summed E-state index contributed by atoms with van der Waals surface area (Å²) in [7, 11) is -2.16. The smallest absolute Gasteiger partial charge is 0.184 e. The topological polar surface area (TPSA) is 34.1 Å². The monoisotopic (exact) mass is 210 g/mol. The SMILES string of the molecule is CC(C)(C)C(c1ccccc1)=S(=O)=O. The zero-order chi connectivity index (χ0) is 10.8. The van der Waals surface area contributed by atoms with E-state index in [9.17, 15) is 8.42 Å². The summed E-state index contributed by atoms with van der Waals surface area (Å²) in [5.74, 6) is 0. The van der Waals surface area contributed by atoms with E-state index in [2.05, 4.69) is 0 Å². The van der Waals surface area contributed by atoms with Crippen LogP contribution in [0, 0.1) is 5.41 Å². The maximum atomic E-state index is 11.1. The van der Waals surface area contributed by atoms with Crippen molar-refractivity contribution < 1.29 is 8.42 Å². The molecule has 76 valence electrons. The molecule has 0 spiro atoms. The third kappa shape index (κ3) is 2.45. The van der Waals surface area contributed by atoms with Gasteiger partial charge in [0.15, 0.2) is 0 Å². The predicted molar refractivity (Wildman–Crippen MR) is 58.9 cm³/mol. The maximum absolute atomic E-state index is 11.1. The van der Waals surface area contributed by atoms with Crippen molar-refractivity contribution >= 4 is 15.2 Å². The number of rotatable bonds is 1. The van der Waals surface area contributed by atoms with E-state index in [1.54, 1.807) is 0 Å². The van der Waals surface area contributed by atoms with Gasteiger partial charge in [-0.1, -0.05) is 51.1 Å². The second kappa shape index (κ2) is 3.96. The third-order valence-electron chi connectivity index (χ3n) is 1.88. The standard InChI is InChI=1S/C11H14O2S/c1-11(2,3)10(14(12)13)9-7-5-4-6-8-9/h4-8H,1-3H3. The maximum Gasteiger partial charge on any atom is 0.218 e. The minimum atomic E-state index is -2.16. The first-order chi connectivity index (χ1) is 6.43. The van der Waals surface area contributed by atoms with Gasteiger partial charge in [-0.2, -0.15) is 8.42 Å². The van der Waals surface area contributed by atoms with Crippen molar-refractivity contribution in [3.8, 4) is 0 Å². The van der Waals surface area contributed by atoms with Gasteiger partial charge in [-0.25, -0.2) is 0 Å². The van der Waals surface area contributed by atoms with E-state index in [1.165, 1.54) is 0 Å². The van der Waals surface area contributed by atoms with Gasteiger partial charge in [-0.3, -0.25) is 0 Å². The molecular weight excluding hydrogens is 196 g/mol. The molecule has 2 nitrogen and oxygen atoms in total. The van der Waals surface area contributed by atoms with Gasteiger partial charge in [-0.05, 0) is 5.56 Å². The largest absolute Gasteiger partial charge is 0.218 e. The van der Waals surface area contributed by atoms with Crippen LogP contribution < -0.4 is 0 Å². The fourth-order valence-corrected chi connectivity index (χ4v) is 2.20.